The van der Waals surface area contributed by atoms with E-state index >= 15 is 0 Å². The third kappa shape index (κ3) is 6.42. The lowest BCUT2D eigenvalue weighted by Gasteiger charge is -2.30. The highest BCUT2D eigenvalue weighted by Crippen LogP contribution is 2.52. The topological polar surface area (TPSA) is 16.4 Å². The number of para-hydroxylation sites is 2. The van der Waals surface area contributed by atoms with Crippen molar-refractivity contribution in [3.8, 4) is 33.4 Å². The SMILES string of the molecule is CC1(C)c2ccccc2-c2ccc(N(c3ccc4c(c3)c3ccccc3c3ccccc3c3ccccc3c3c4ccc4c5ccccc5oc43)c3ccccc3-c3ccc(-c4ccccc4)cc3)cc21. The van der Waals surface area contributed by atoms with E-state index in [1.54, 1.807) is 0 Å². The van der Waals surface area contributed by atoms with Gasteiger partial charge >= 0.3 is 0 Å². The molecule has 0 fully saturated rings. The Hall–Kier alpha value is -8.98. The van der Waals surface area contributed by atoms with E-state index in [-0.39, 0.29) is 5.41 Å². The second-order valence-electron chi connectivity index (χ2n) is 19.5. The highest BCUT2D eigenvalue weighted by Gasteiger charge is 2.36. The third-order valence-electron chi connectivity index (χ3n) is 15.3. The summed E-state index contributed by atoms with van der Waals surface area (Å²) in [6.07, 6.45) is 0. The predicted molar refractivity (Wildman–Crippen MR) is 302 cm³/mol. The van der Waals surface area contributed by atoms with Gasteiger partial charge in [0.2, 0.25) is 0 Å². The van der Waals surface area contributed by atoms with E-state index in [0.717, 1.165) is 77.1 Å². The van der Waals surface area contributed by atoms with Gasteiger partial charge in [0.15, 0.2) is 0 Å². The van der Waals surface area contributed by atoms with E-state index in [1.807, 2.05) is 0 Å². The fourth-order valence-corrected chi connectivity index (χ4v) is 11.9. The van der Waals surface area contributed by atoms with Gasteiger partial charge in [0, 0.05) is 38.5 Å². The van der Waals surface area contributed by atoms with Gasteiger partial charge in [-0.3, -0.25) is 0 Å². The highest BCUT2D eigenvalue weighted by molar-refractivity contribution is 6.31. The molecule has 0 atom stereocenters. The molecule has 2 nitrogen and oxygen atoms in total. The van der Waals surface area contributed by atoms with Crippen LogP contribution in [-0.4, -0.2) is 0 Å². The molecular weight excluding hydrogens is 859 g/mol. The Bertz CT molecular complexity index is 4370. The summed E-state index contributed by atoms with van der Waals surface area (Å²) in [6, 6.07) is 91.5. The van der Waals surface area contributed by atoms with Gasteiger partial charge in [0.1, 0.15) is 11.2 Å². The van der Waals surface area contributed by atoms with Crippen molar-refractivity contribution in [2.24, 2.45) is 0 Å². The molecule has 0 spiro atoms. The van der Waals surface area contributed by atoms with Crippen molar-refractivity contribution in [3.63, 3.8) is 0 Å². The summed E-state index contributed by atoms with van der Waals surface area (Å²) in [4.78, 5) is 2.49. The first-order chi connectivity index (χ1) is 35.0. The van der Waals surface area contributed by atoms with Crippen LogP contribution in [0.5, 0.6) is 0 Å². The fourth-order valence-electron chi connectivity index (χ4n) is 11.9. The second kappa shape index (κ2) is 16.1. The van der Waals surface area contributed by atoms with E-state index in [1.165, 1.54) is 60.3 Å². The molecule has 0 saturated carbocycles. The summed E-state index contributed by atoms with van der Waals surface area (Å²) in [5.74, 6) is 0. The second-order valence-corrected chi connectivity index (χ2v) is 19.5. The number of anilines is 3. The number of nitrogens with zero attached hydrogens (tertiary/aromatic N) is 1. The van der Waals surface area contributed by atoms with Crippen LogP contribution in [0.1, 0.15) is 25.0 Å². The Balaban J connectivity index is 1.11. The fraction of sp³-hybridized carbons (Fsp3) is 0.0435. The number of benzene rings is 11. The average molecular weight is 906 g/mol. The zero-order valence-electron chi connectivity index (χ0n) is 39.5. The molecule has 0 aliphatic heterocycles. The molecule has 0 amide bonds. The number of furan rings is 1. The van der Waals surface area contributed by atoms with Gasteiger partial charge in [-0.2, -0.15) is 0 Å². The van der Waals surface area contributed by atoms with Gasteiger partial charge in [-0.25, -0.2) is 0 Å². The molecule has 0 N–H and O–H groups in total. The van der Waals surface area contributed by atoms with Crippen molar-refractivity contribution >= 4 is 92.9 Å². The average Bonchev–Trinajstić information content (AvgIpc) is 3.92. The third-order valence-corrected chi connectivity index (χ3v) is 15.3. The minimum absolute atomic E-state index is 0.183. The monoisotopic (exact) mass is 905 g/mol. The van der Waals surface area contributed by atoms with Crippen molar-refractivity contribution in [1.82, 2.24) is 0 Å². The van der Waals surface area contributed by atoms with Gasteiger partial charge in [0.25, 0.3) is 0 Å². The molecule has 1 heterocycles. The molecule has 14 rings (SSSR count). The van der Waals surface area contributed by atoms with Gasteiger partial charge < -0.3 is 9.32 Å². The molecule has 71 heavy (non-hydrogen) atoms. The van der Waals surface area contributed by atoms with Crippen molar-refractivity contribution in [2.45, 2.75) is 19.3 Å². The lowest BCUT2D eigenvalue weighted by molar-refractivity contribution is 0.660. The maximum absolute atomic E-state index is 6.98. The molecule has 1 aliphatic carbocycles. The molecule has 0 radical (unpaired) electrons. The Morgan fingerprint density at radius 3 is 1.51 bits per heavy atom. The van der Waals surface area contributed by atoms with Gasteiger partial charge in [-0.15, -0.1) is 0 Å². The molecule has 0 unspecified atom stereocenters. The van der Waals surface area contributed by atoms with Crippen LogP contribution in [0.2, 0.25) is 0 Å². The van der Waals surface area contributed by atoms with Crippen molar-refractivity contribution in [3.05, 3.63) is 260 Å². The number of rotatable bonds is 5. The molecule has 0 bridgehead atoms. The summed E-state index contributed by atoms with van der Waals surface area (Å²) >= 11 is 0. The van der Waals surface area contributed by atoms with E-state index < -0.39 is 0 Å². The zero-order chi connectivity index (χ0) is 47.2. The molecule has 0 saturated heterocycles. The highest BCUT2D eigenvalue weighted by atomic mass is 16.3. The standard InChI is InChI=1S/C69H47NO/c1-69(2)63-29-15-12-26-56(63)57-39-37-48(43-64(57)69)70(65-30-16-13-20-49(65)46-34-32-45(33-35-46)44-18-4-3-5-19-44)47-36-38-55-60-40-41-61-58-27-14-17-31-66(58)71-68(61)67(60)59-28-11-10-24-53(59)51-22-7-6-21-50(51)52-23-8-9-25-54(52)62(55)42-47/h3-43H,1-2H3. The van der Waals surface area contributed by atoms with E-state index in [4.69, 9.17) is 4.42 Å². The summed E-state index contributed by atoms with van der Waals surface area (Å²) in [6.45, 7) is 4.74. The molecule has 1 aliphatic rings. The van der Waals surface area contributed by atoms with E-state index in [0.29, 0.717) is 0 Å². The van der Waals surface area contributed by atoms with Crippen LogP contribution in [0.4, 0.5) is 17.1 Å². The summed E-state index contributed by atoms with van der Waals surface area (Å²) in [5, 5.41) is 13.8. The minimum Gasteiger partial charge on any atom is -0.455 e. The summed E-state index contributed by atoms with van der Waals surface area (Å²) < 4.78 is 6.98. The smallest absolute Gasteiger partial charge is 0.143 e. The number of hydrogen-bond acceptors (Lipinski definition) is 2. The largest absolute Gasteiger partial charge is 0.455 e. The van der Waals surface area contributed by atoms with E-state index in [9.17, 15) is 0 Å². The first-order valence-corrected chi connectivity index (χ1v) is 24.7. The quantitative estimate of drug-likeness (QED) is 0.171. The molecule has 13 aromatic rings. The van der Waals surface area contributed by atoms with Crippen LogP contribution >= 0.6 is 0 Å². The molecule has 334 valence electrons. The maximum Gasteiger partial charge on any atom is 0.143 e. The van der Waals surface area contributed by atoms with Gasteiger partial charge in [0.05, 0.1) is 5.69 Å². The van der Waals surface area contributed by atoms with Crippen molar-refractivity contribution in [1.29, 1.82) is 0 Å². The molecule has 2 heteroatoms. The molecule has 12 aromatic carbocycles. The van der Waals surface area contributed by atoms with Crippen LogP contribution < -0.4 is 4.90 Å². The lowest BCUT2D eigenvalue weighted by Crippen LogP contribution is -2.16. The Kier molecular flexibility index (Phi) is 9.28. The van der Waals surface area contributed by atoms with Crippen molar-refractivity contribution in [2.75, 3.05) is 4.90 Å². The van der Waals surface area contributed by atoms with E-state index in [2.05, 4.69) is 267 Å². The van der Waals surface area contributed by atoms with Crippen LogP contribution in [0, 0.1) is 0 Å². The lowest BCUT2D eigenvalue weighted by atomic mass is 9.82. The zero-order valence-corrected chi connectivity index (χ0v) is 39.5. The van der Waals surface area contributed by atoms with Crippen LogP contribution in [0.3, 0.4) is 0 Å². The van der Waals surface area contributed by atoms with Crippen LogP contribution in [0.25, 0.3) is 109 Å². The van der Waals surface area contributed by atoms with Gasteiger partial charge in [-0.1, -0.05) is 220 Å². The number of hydrogen-bond donors (Lipinski definition) is 0. The predicted octanol–water partition coefficient (Wildman–Crippen LogP) is 19.6. The minimum atomic E-state index is -0.183. The van der Waals surface area contributed by atoms with Gasteiger partial charge in [-0.05, 0) is 130 Å². The summed E-state index contributed by atoms with van der Waals surface area (Å²) in [5.41, 5.74) is 14.9. The Morgan fingerprint density at radius 1 is 0.310 bits per heavy atom. The first kappa shape index (κ1) is 41.0. The maximum atomic E-state index is 6.98. The Morgan fingerprint density at radius 2 is 0.775 bits per heavy atom. The number of fused-ring (bicyclic) bond motifs is 17. The molecular formula is C69H47NO. The molecule has 1 aromatic heterocycles. The van der Waals surface area contributed by atoms with Crippen molar-refractivity contribution < 1.29 is 4.42 Å². The van der Waals surface area contributed by atoms with Crippen LogP contribution in [0.15, 0.2) is 253 Å². The first-order valence-electron chi connectivity index (χ1n) is 24.7. The normalized spacial score (nSPS) is 12.8. The van der Waals surface area contributed by atoms with Crippen LogP contribution in [-0.2, 0) is 5.41 Å². The summed E-state index contributed by atoms with van der Waals surface area (Å²) in [7, 11) is 0. The Labute approximate surface area is 412 Å².